The van der Waals surface area contributed by atoms with E-state index < -0.39 is 0 Å². The van der Waals surface area contributed by atoms with Crippen LogP contribution in [0.1, 0.15) is 47.8 Å². The van der Waals surface area contributed by atoms with E-state index in [-0.39, 0.29) is 17.7 Å². The molecule has 0 bridgehead atoms. The summed E-state index contributed by atoms with van der Waals surface area (Å²) in [5, 5.41) is 2.97. The molecule has 0 aliphatic carbocycles. The number of rotatable bonds is 7. The molecule has 1 aliphatic heterocycles. The van der Waals surface area contributed by atoms with Gasteiger partial charge in [-0.05, 0) is 42.2 Å². The predicted octanol–water partition coefficient (Wildman–Crippen LogP) is 3.03. The topological polar surface area (TPSA) is 71.5 Å². The molecule has 1 aliphatic rings. The van der Waals surface area contributed by atoms with Crippen molar-refractivity contribution >= 4 is 11.8 Å². The summed E-state index contributed by atoms with van der Waals surface area (Å²) in [5.41, 5.74) is 2.33. The van der Waals surface area contributed by atoms with E-state index >= 15 is 0 Å². The second-order valence-electron chi connectivity index (χ2n) is 7.89. The molecule has 0 radical (unpaired) electrons. The number of nitrogens with one attached hydrogen (secondary N) is 1. The number of hydrogen-bond donors (Lipinski definition) is 1. The van der Waals surface area contributed by atoms with Gasteiger partial charge in [-0.25, -0.2) is 0 Å². The molecule has 154 valence electrons. The molecule has 1 fully saturated rings. The van der Waals surface area contributed by atoms with Crippen molar-refractivity contribution in [1.29, 1.82) is 0 Å². The SMILES string of the molecule is COc1cccc(CC(=O)N2CCC(c3ncccc3C(=O)NCC(C)C)C2)c1. The maximum absolute atomic E-state index is 12.8. The number of aromatic nitrogens is 1. The van der Waals surface area contributed by atoms with Crippen molar-refractivity contribution in [1.82, 2.24) is 15.2 Å². The van der Waals surface area contributed by atoms with Gasteiger partial charge in [0.2, 0.25) is 5.91 Å². The molecular formula is C23H29N3O3. The highest BCUT2D eigenvalue weighted by Crippen LogP contribution is 2.28. The number of nitrogens with zero attached hydrogens (tertiary/aromatic N) is 2. The summed E-state index contributed by atoms with van der Waals surface area (Å²) >= 11 is 0. The van der Waals surface area contributed by atoms with Crippen LogP contribution in [0.2, 0.25) is 0 Å². The molecule has 6 heteroatoms. The maximum atomic E-state index is 12.8. The lowest BCUT2D eigenvalue weighted by atomic mass is 9.98. The minimum absolute atomic E-state index is 0.0743. The van der Waals surface area contributed by atoms with Crippen LogP contribution in [0.15, 0.2) is 42.6 Å². The summed E-state index contributed by atoms with van der Waals surface area (Å²) in [6, 6.07) is 11.2. The monoisotopic (exact) mass is 395 g/mol. The Morgan fingerprint density at radius 3 is 2.86 bits per heavy atom. The largest absolute Gasteiger partial charge is 0.497 e. The van der Waals surface area contributed by atoms with Gasteiger partial charge >= 0.3 is 0 Å². The van der Waals surface area contributed by atoms with Crippen LogP contribution in [-0.2, 0) is 11.2 Å². The van der Waals surface area contributed by atoms with E-state index in [1.54, 1.807) is 19.4 Å². The molecule has 0 saturated carbocycles. The minimum atomic E-state index is -0.0945. The Morgan fingerprint density at radius 2 is 2.10 bits per heavy atom. The third-order valence-electron chi connectivity index (χ3n) is 5.17. The van der Waals surface area contributed by atoms with E-state index in [1.165, 1.54) is 0 Å². The molecule has 1 aromatic heterocycles. The summed E-state index contributed by atoms with van der Waals surface area (Å²) in [4.78, 5) is 31.7. The maximum Gasteiger partial charge on any atom is 0.253 e. The smallest absolute Gasteiger partial charge is 0.253 e. The zero-order valence-corrected chi connectivity index (χ0v) is 17.4. The van der Waals surface area contributed by atoms with E-state index in [1.807, 2.05) is 35.2 Å². The first-order valence-electron chi connectivity index (χ1n) is 10.1. The van der Waals surface area contributed by atoms with Crippen LogP contribution < -0.4 is 10.1 Å². The van der Waals surface area contributed by atoms with Crippen molar-refractivity contribution in [2.45, 2.75) is 32.6 Å². The van der Waals surface area contributed by atoms with Gasteiger partial charge in [0, 0.05) is 31.7 Å². The molecule has 1 atom stereocenters. The average molecular weight is 396 g/mol. The number of benzene rings is 1. The molecule has 3 rings (SSSR count). The summed E-state index contributed by atoms with van der Waals surface area (Å²) in [5.74, 6) is 1.20. The Balaban J connectivity index is 1.66. The number of carbonyl (C=O) groups is 2. The first kappa shape index (κ1) is 20.8. The highest BCUT2D eigenvalue weighted by molar-refractivity contribution is 5.95. The van der Waals surface area contributed by atoms with Crippen molar-refractivity contribution in [2.75, 3.05) is 26.7 Å². The fourth-order valence-corrected chi connectivity index (χ4v) is 3.61. The van der Waals surface area contributed by atoms with Gasteiger partial charge in [-0.3, -0.25) is 14.6 Å². The van der Waals surface area contributed by atoms with Crippen LogP contribution in [0.5, 0.6) is 5.75 Å². The van der Waals surface area contributed by atoms with Gasteiger partial charge < -0.3 is 15.0 Å². The molecule has 0 spiro atoms. The molecule has 2 aromatic rings. The highest BCUT2D eigenvalue weighted by Gasteiger charge is 2.30. The van der Waals surface area contributed by atoms with E-state index in [0.717, 1.165) is 23.4 Å². The summed E-state index contributed by atoms with van der Waals surface area (Å²) in [7, 11) is 1.62. The molecule has 1 aromatic carbocycles. The molecule has 2 amide bonds. The molecule has 6 nitrogen and oxygen atoms in total. The van der Waals surface area contributed by atoms with Crippen molar-refractivity contribution in [2.24, 2.45) is 5.92 Å². The standard InChI is InChI=1S/C23H29N3O3/c1-16(2)14-25-23(28)20-8-5-10-24-22(20)18-9-11-26(15-18)21(27)13-17-6-4-7-19(12-17)29-3/h4-8,10,12,16,18H,9,11,13-15H2,1-3H3,(H,25,28). The second kappa shape index (κ2) is 9.54. The molecular weight excluding hydrogens is 366 g/mol. The number of likely N-dealkylation sites (tertiary alicyclic amines) is 1. The van der Waals surface area contributed by atoms with Gasteiger partial charge in [-0.1, -0.05) is 26.0 Å². The van der Waals surface area contributed by atoms with Gasteiger partial charge in [0.25, 0.3) is 5.91 Å². The number of amides is 2. The summed E-state index contributed by atoms with van der Waals surface area (Å²) < 4.78 is 5.24. The van der Waals surface area contributed by atoms with Crippen LogP contribution in [0, 0.1) is 5.92 Å². The van der Waals surface area contributed by atoms with Gasteiger partial charge in [-0.2, -0.15) is 0 Å². The van der Waals surface area contributed by atoms with Crippen LogP contribution in [0.4, 0.5) is 0 Å². The molecule has 1 N–H and O–H groups in total. The lowest BCUT2D eigenvalue weighted by Crippen LogP contribution is -2.31. The highest BCUT2D eigenvalue weighted by atomic mass is 16.5. The molecule has 2 heterocycles. The molecule has 1 saturated heterocycles. The van der Waals surface area contributed by atoms with E-state index in [9.17, 15) is 9.59 Å². The molecule has 1 unspecified atom stereocenters. The van der Waals surface area contributed by atoms with Crippen molar-refractivity contribution in [3.63, 3.8) is 0 Å². The number of pyridine rings is 1. The number of hydrogen-bond acceptors (Lipinski definition) is 4. The summed E-state index contributed by atoms with van der Waals surface area (Å²) in [6.07, 6.45) is 2.87. The van der Waals surface area contributed by atoms with Gasteiger partial charge in [0.05, 0.1) is 24.8 Å². The third kappa shape index (κ3) is 5.34. The first-order chi connectivity index (χ1) is 14.0. The normalized spacial score (nSPS) is 16.1. The molecule has 29 heavy (non-hydrogen) atoms. The van der Waals surface area contributed by atoms with Crippen LogP contribution >= 0.6 is 0 Å². The van der Waals surface area contributed by atoms with Crippen molar-refractivity contribution < 1.29 is 14.3 Å². The predicted molar refractivity (Wildman–Crippen MR) is 112 cm³/mol. The minimum Gasteiger partial charge on any atom is -0.497 e. The third-order valence-corrected chi connectivity index (χ3v) is 5.17. The number of ether oxygens (including phenoxy) is 1. The quantitative estimate of drug-likeness (QED) is 0.782. The Morgan fingerprint density at radius 1 is 1.28 bits per heavy atom. The fourth-order valence-electron chi connectivity index (χ4n) is 3.61. The van der Waals surface area contributed by atoms with E-state index in [0.29, 0.717) is 37.5 Å². The average Bonchev–Trinajstić information content (AvgIpc) is 3.22. The number of methoxy groups -OCH3 is 1. The zero-order chi connectivity index (χ0) is 20.8. The van der Waals surface area contributed by atoms with Crippen LogP contribution in [0.3, 0.4) is 0 Å². The van der Waals surface area contributed by atoms with Gasteiger partial charge in [0.15, 0.2) is 0 Å². The first-order valence-corrected chi connectivity index (χ1v) is 10.1. The second-order valence-corrected chi connectivity index (χ2v) is 7.89. The Hall–Kier alpha value is -2.89. The Bertz CT molecular complexity index is 866. The van der Waals surface area contributed by atoms with Gasteiger partial charge in [0.1, 0.15) is 5.75 Å². The number of carbonyl (C=O) groups excluding carboxylic acids is 2. The van der Waals surface area contributed by atoms with Crippen molar-refractivity contribution in [3.05, 3.63) is 59.4 Å². The van der Waals surface area contributed by atoms with Crippen molar-refractivity contribution in [3.8, 4) is 5.75 Å². The van der Waals surface area contributed by atoms with Gasteiger partial charge in [-0.15, -0.1) is 0 Å². The fraction of sp³-hybridized carbons (Fsp3) is 0.435. The van der Waals surface area contributed by atoms with Crippen LogP contribution in [0.25, 0.3) is 0 Å². The zero-order valence-electron chi connectivity index (χ0n) is 17.4. The van der Waals surface area contributed by atoms with E-state index in [2.05, 4.69) is 24.1 Å². The Labute approximate surface area is 172 Å². The van der Waals surface area contributed by atoms with E-state index in [4.69, 9.17) is 4.74 Å². The summed E-state index contributed by atoms with van der Waals surface area (Å²) in [6.45, 7) is 6.02. The van der Waals surface area contributed by atoms with Crippen LogP contribution in [-0.4, -0.2) is 48.4 Å². The lowest BCUT2D eigenvalue weighted by Gasteiger charge is -2.18. The Kier molecular flexibility index (Phi) is 6.86. The lowest BCUT2D eigenvalue weighted by molar-refractivity contribution is -0.129.